The maximum absolute atomic E-state index is 12.7. The number of likely N-dealkylation sites (tertiary alicyclic amines) is 1. The molecule has 3 rings (SSSR count). The monoisotopic (exact) mass is 264 g/mol. The van der Waals surface area contributed by atoms with Crippen molar-refractivity contribution in [2.24, 2.45) is 17.3 Å². The summed E-state index contributed by atoms with van der Waals surface area (Å²) >= 11 is 0. The number of rotatable bonds is 2. The van der Waals surface area contributed by atoms with E-state index in [1.807, 2.05) is 0 Å². The molecule has 0 radical (unpaired) electrons. The molecule has 3 aliphatic rings. The molecule has 2 aliphatic heterocycles. The molecule has 1 spiro atoms. The minimum atomic E-state index is 0.368. The molecule has 2 atom stereocenters. The highest BCUT2D eigenvalue weighted by Crippen LogP contribution is 2.59. The topological polar surface area (TPSA) is 32.3 Å². The molecule has 0 aromatic heterocycles. The van der Waals surface area contributed by atoms with Crippen molar-refractivity contribution in [2.45, 2.75) is 51.9 Å². The second kappa shape index (κ2) is 5.43. The summed E-state index contributed by atoms with van der Waals surface area (Å²) in [6, 6.07) is 0. The number of carbonyl (C=O) groups excluding carboxylic acids is 1. The smallest absolute Gasteiger partial charge is 0.226 e. The lowest BCUT2D eigenvalue weighted by atomic mass is 9.91. The standard InChI is InChI=1S/C16H28N2O/c1-2-13-4-3-10-18(11-5-13)15(19)14-12-16(14)6-8-17-9-7-16/h13-14,17H,2-12H2,1H3. The van der Waals surface area contributed by atoms with Crippen LogP contribution < -0.4 is 5.32 Å². The van der Waals surface area contributed by atoms with Gasteiger partial charge in [-0.15, -0.1) is 0 Å². The number of carbonyl (C=O) groups is 1. The van der Waals surface area contributed by atoms with E-state index < -0.39 is 0 Å². The van der Waals surface area contributed by atoms with E-state index in [-0.39, 0.29) is 0 Å². The highest BCUT2D eigenvalue weighted by molar-refractivity contribution is 5.82. The fourth-order valence-corrected chi connectivity index (χ4v) is 4.19. The SMILES string of the molecule is CCC1CCCN(C(=O)C2CC23CCNCC3)CC1. The lowest BCUT2D eigenvalue weighted by Gasteiger charge is -2.26. The van der Waals surface area contributed by atoms with Crippen LogP contribution in [0.1, 0.15) is 51.9 Å². The molecule has 0 aromatic rings. The van der Waals surface area contributed by atoms with Crippen molar-refractivity contribution >= 4 is 5.91 Å². The normalized spacial score (nSPS) is 34.1. The number of hydrogen-bond donors (Lipinski definition) is 1. The summed E-state index contributed by atoms with van der Waals surface area (Å²) in [6.07, 6.45) is 8.64. The summed E-state index contributed by atoms with van der Waals surface area (Å²) in [4.78, 5) is 14.9. The maximum Gasteiger partial charge on any atom is 0.226 e. The van der Waals surface area contributed by atoms with E-state index in [4.69, 9.17) is 0 Å². The zero-order valence-corrected chi connectivity index (χ0v) is 12.3. The van der Waals surface area contributed by atoms with Crippen LogP contribution in [-0.2, 0) is 4.79 Å². The van der Waals surface area contributed by atoms with Gasteiger partial charge in [0.15, 0.2) is 0 Å². The quantitative estimate of drug-likeness (QED) is 0.830. The Morgan fingerprint density at radius 2 is 2.05 bits per heavy atom. The van der Waals surface area contributed by atoms with Crippen LogP contribution in [0.5, 0.6) is 0 Å². The second-order valence-corrected chi connectivity index (χ2v) is 6.90. The Bertz CT molecular complexity index is 336. The van der Waals surface area contributed by atoms with Crippen molar-refractivity contribution in [2.75, 3.05) is 26.2 Å². The van der Waals surface area contributed by atoms with Crippen LogP contribution in [0.4, 0.5) is 0 Å². The van der Waals surface area contributed by atoms with Gasteiger partial charge < -0.3 is 10.2 Å². The summed E-state index contributed by atoms with van der Waals surface area (Å²) in [6.45, 7) is 6.54. The molecule has 1 aliphatic carbocycles. The summed E-state index contributed by atoms with van der Waals surface area (Å²) in [5.74, 6) is 1.70. The number of piperidine rings is 1. The van der Waals surface area contributed by atoms with E-state index in [0.29, 0.717) is 17.2 Å². The van der Waals surface area contributed by atoms with Gasteiger partial charge in [0.05, 0.1) is 0 Å². The van der Waals surface area contributed by atoms with E-state index in [0.717, 1.165) is 32.1 Å². The summed E-state index contributed by atoms with van der Waals surface area (Å²) in [5, 5.41) is 3.42. The van der Waals surface area contributed by atoms with E-state index in [2.05, 4.69) is 17.1 Å². The minimum absolute atomic E-state index is 0.368. The molecular formula is C16H28N2O. The Balaban J connectivity index is 1.56. The molecule has 2 heterocycles. The van der Waals surface area contributed by atoms with Gasteiger partial charge in [-0.05, 0) is 62.9 Å². The zero-order chi connectivity index (χ0) is 13.3. The first-order valence-corrected chi connectivity index (χ1v) is 8.25. The molecule has 1 N–H and O–H groups in total. The predicted molar refractivity (Wildman–Crippen MR) is 76.9 cm³/mol. The molecule has 3 fully saturated rings. The number of nitrogens with zero attached hydrogens (tertiary/aromatic N) is 1. The molecule has 19 heavy (non-hydrogen) atoms. The van der Waals surface area contributed by atoms with Crippen molar-refractivity contribution in [1.82, 2.24) is 10.2 Å². The third kappa shape index (κ3) is 2.67. The van der Waals surface area contributed by atoms with Crippen LogP contribution in [-0.4, -0.2) is 37.0 Å². The lowest BCUT2D eigenvalue weighted by Crippen LogP contribution is -2.37. The predicted octanol–water partition coefficient (Wildman–Crippen LogP) is 2.41. The molecule has 2 saturated heterocycles. The van der Waals surface area contributed by atoms with Crippen molar-refractivity contribution in [3.05, 3.63) is 0 Å². The minimum Gasteiger partial charge on any atom is -0.342 e. The van der Waals surface area contributed by atoms with Gasteiger partial charge >= 0.3 is 0 Å². The van der Waals surface area contributed by atoms with E-state index in [9.17, 15) is 4.79 Å². The average molecular weight is 264 g/mol. The summed E-state index contributed by atoms with van der Waals surface area (Å²) < 4.78 is 0. The van der Waals surface area contributed by atoms with Gasteiger partial charge in [0.2, 0.25) is 5.91 Å². The van der Waals surface area contributed by atoms with Gasteiger partial charge in [0.25, 0.3) is 0 Å². The number of nitrogens with one attached hydrogen (secondary N) is 1. The van der Waals surface area contributed by atoms with E-state index >= 15 is 0 Å². The summed E-state index contributed by atoms with van der Waals surface area (Å²) in [5.41, 5.74) is 0.402. The van der Waals surface area contributed by atoms with Crippen LogP contribution in [0.2, 0.25) is 0 Å². The average Bonchev–Trinajstić information content (AvgIpc) is 3.18. The molecule has 3 nitrogen and oxygen atoms in total. The Kier molecular flexibility index (Phi) is 3.84. The van der Waals surface area contributed by atoms with Crippen molar-refractivity contribution in [3.8, 4) is 0 Å². The molecule has 1 amide bonds. The fraction of sp³-hybridized carbons (Fsp3) is 0.938. The van der Waals surface area contributed by atoms with Gasteiger partial charge in [-0.25, -0.2) is 0 Å². The van der Waals surface area contributed by atoms with Gasteiger partial charge in [-0.3, -0.25) is 4.79 Å². The Hall–Kier alpha value is -0.570. The first kappa shape index (κ1) is 13.4. The molecule has 2 unspecified atom stereocenters. The van der Waals surface area contributed by atoms with Crippen LogP contribution >= 0.6 is 0 Å². The summed E-state index contributed by atoms with van der Waals surface area (Å²) in [7, 11) is 0. The first-order chi connectivity index (χ1) is 9.25. The number of amides is 1. The van der Waals surface area contributed by atoms with Crippen LogP contribution in [0.3, 0.4) is 0 Å². The van der Waals surface area contributed by atoms with Crippen LogP contribution in [0.25, 0.3) is 0 Å². The molecular weight excluding hydrogens is 236 g/mol. The molecule has 3 heteroatoms. The molecule has 1 saturated carbocycles. The van der Waals surface area contributed by atoms with Crippen molar-refractivity contribution in [3.63, 3.8) is 0 Å². The largest absolute Gasteiger partial charge is 0.342 e. The third-order valence-corrected chi connectivity index (χ3v) is 5.82. The van der Waals surface area contributed by atoms with Crippen molar-refractivity contribution in [1.29, 1.82) is 0 Å². The fourth-order valence-electron chi connectivity index (χ4n) is 4.19. The second-order valence-electron chi connectivity index (χ2n) is 6.90. The van der Waals surface area contributed by atoms with Gasteiger partial charge in [0.1, 0.15) is 0 Å². The van der Waals surface area contributed by atoms with Crippen molar-refractivity contribution < 1.29 is 4.79 Å². The third-order valence-electron chi connectivity index (χ3n) is 5.82. The molecule has 0 bridgehead atoms. The Labute approximate surface area is 117 Å². The van der Waals surface area contributed by atoms with Crippen LogP contribution in [0.15, 0.2) is 0 Å². The Morgan fingerprint density at radius 1 is 1.26 bits per heavy atom. The van der Waals surface area contributed by atoms with Gasteiger partial charge in [-0.2, -0.15) is 0 Å². The van der Waals surface area contributed by atoms with E-state index in [1.165, 1.54) is 44.9 Å². The highest BCUT2D eigenvalue weighted by atomic mass is 16.2. The number of hydrogen-bond acceptors (Lipinski definition) is 2. The lowest BCUT2D eigenvalue weighted by molar-refractivity contribution is -0.133. The van der Waals surface area contributed by atoms with Gasteiger partial charge in [0, 0.05) is 19.0 Å². The van der Waals surface area contributed by atoms with E-state index in [1.54, 1.807) is 0 Å². The molecule has 108 valence electrons. The zero-order valence-electron chi connectivity index (χ0n) is 12.3. The Morgan fingerprint density at radius 3 is 2.79 bits per heavy atom. The highest BCUT2D eigenvalue weighted by Gasteiger charge is 2.58. The van der Waals surface area contributed by atoms with Crippen LogP contribution in [0, 0.1) is 17.3 Å². The van der Waals surface area contributed by atoms with Gasteiger partial charge in [-0.1, -0.05) is 13.3 Å². The molecule has 0 aromatic carbocycles. The first-order valence-electron chi connectivity index (χ1n) is 8.25. The maximum atomic E-state index is 12.7.